The first-order valence-corrected chi connectivity index (χ1v) is 24.9. The topological polar surface area (TPSA) is 186 Å². The van der Waals surface area contributed by atoms with Crippen LogP contribution in [0.3, 0.4) is 0 Å². The molecule has 4 aliphatic rings. The molecular formula is C50H62N8O7S. The Morgan fingerprint density at radius 3 is 2.50 bits per heavy atom. The normalized spacial score (nSPS) is 22.9. The first kappa shape index (κ1) is 45.6. The molecule has 2 aliphatic carbocycles. The van der Waals surface area contributed by atoms with Gasteiger partial charge in [-0.2, -0.15) is 0 Å². The summed E-state index contributed by atoms with van der Waals surface area (Å²) >= 11 is 0. The lowest BCUT2D eigenvalue weighted by Gasteiger charge is -2.58. The number of piperazine rings is 1. The van der Waals surface area contributed by atoms with Gasteiger partial charge in [0.15, 0.2) is 0 Å². The second-order valence-electron chi connectivity index (χ2n) is 19.9. The van der Waals surface area contributed by atoms with Crippen molar-refractivity contribution in [2.45, 2.75) is 101 Å². The number of piperidine rings is 1. The first-order valence-electron chi connectivity index (χ1n) is 23.4. The van der Waals surface area contributed by atoms with Crippen LogP contribution in [0.1, 0.15) is 106 Å². The number of amides is 1. The third kappa shape index (κ3) is 9.64. The van der Waals surface area contributed by atoms with Crippen molar-refractivity contribution in [3.63, 3.8) is 0 Å². The van der Waals surface area contributed by atoms with E-state index in [1.807, 2.05) is 19.1 Å². The van der Waals surface area contributed by atoms with E-state index in [4.69, 9.17) is 4.74 Å². The number of likely N-dealkylation sites (N-methyl/N-ethyl adjacent to an activating group) is 1. The fraction of sp³-hybridized carbons (Fsp3) is 0.480. The molecule has 9 rings (SSSR count). The van der Waals surface area contributed by atoms with Gasteiger partial charge in [-0.3, -0.25) is 19.8 Å². The predicted molar refractivity (Wildman–Crippen MR) is 256 cm³/mol. The number of aromatic nitrogens is 2. The van der Waals surface area contributed by atoms with Gasteiger partial charge in [-0.05, 0) is 130 Å². The summed E-state index contributed by atoms with van der Waals surface area (Å²) in [6, 6.07) is 22.3. The molecular weight excluding hydrogens is 857 g/mol. The number of nitro groups is 1. The lowest BCUT2D eigenvalue weighted by atomic mass is 9.59. The number of sulfonamides is 1. The highest BCUT2D eigenvalue weighted by atomic mass is 32.2. The summed E-state index contributed by atoms with van der Waals surface area (Å²) in [6.45, 7) is 11.6. The number of anilines is 2. The summed E-state index contributed by atoms with van der Waals surface area (Å²) in [7, 11) is -2.34. The Hall–Kier alpha value is -5.55. The molecule has 5 aromatic rings. The molecule has 15 nitrogen and oxygen atoms in total. The quantitative estimate of drug-likeness (QED) is 0.0652. The smallest absolute Gasteiger partial charge is 0.293 e. The van der Waals surface area contributed by atoms with Gasteiger partial charge in [-0.15, -0.1) is 0 Å². The molecule has 4 heterocycles. The van der Waals surface area contributed by atoms with Crippen LogP contribution in [0, 0.1) is 21.4 Å². The number of H-pyrrole nitrogens is 1. The van der Waals surface area contributed by atoms with Crippen LogP contribution >= 0.6 is 0 Å². The molecule has 350 valence electrons. The molecule has 1 spiro atoms. The zero-order valence-electron chi connectivity index (χ0n) is 38.3. The van der Waals surface area contributed by atoms with Crippen molar-refractivity contribution in [2.24, 2.45) is 11.3 Å². The molecule has 2 aromatic heterocycles. The highest BCUT2D eigenvalue weighted by molar-refractivity contribution is 7.90. The maximum absolute atomic E-state index is 14.0. The van der Waals surface area contributed by atoms with Crippen LogP contribution in [0.2, 0.25) is 0 Å². The van der Waals surface area contributed by atoms with Gasteiger partial charge in [0.05, 0.1) is 27.2 Å². The maximum Gasteiger partial charge on any atom is 0.293 e. The number of carbonyl (C=O) groups is 1. The van der Waals surface area contributed by atoms with Crippen molar-refractivity contribution < 1.29 is 28.0 Å². The molecule has 0 bridgehead atoms. The van der Waals surface area contributed by atoms with Crippen molar-refractivity contribution >= 4 is 44.0 Å². The molecule has 66 heavy (non-hydrogen) atoms. The van der Waals surface area contributed by atoms with Gasteiger partial charge in [0, 0.05) is 80.8 Å². The number of nitro benzene ring substituents is 1. The van der Waals surface area contributed by atoms with Crippen LogP contribution < -0.4 is 19.7 Å². The maximum atomic E-state index is 14.0. The van der Waals surface area contributed by atoms with E-state index in [2.05, 4.69) is 79.9 Å². The molecule has 1 atom stereocenters. The summed E-state index contributed by atoms with van der Waals surface area (Å²) in [6.07, 6.45) is 10.6. The molecule has 4 fully saturated rings. The summed E-state index contributed by atoms with van der Waals surface area (Å²) < 4.78 is 36.0. The van der Waals surface area contributed by atoms with Gasteiger partial charge in [0.25, 0.3) is 21.6 Å². The van der Waals surface area contributed by atoms with Gasteiger partial charge in [0.2, 0.25) is 0 Å². The molecule has 2 aliphatic heterocycles. The van der Waals surface area contributed by atoms with Crippen LogP contribution in [0.25, 0.3) is 11.0 Å². The number of fused-ring (bicyclic) bond motifs is 1. The molecule has 4 N–H and O–H groups in total. The van der Waals surface area contributed by atoms with Gasteiger partial charge in [-0.25, -0.2) is 18.1 Å². The van der Waals surface area contributed by atoms with Crippen LogP contribution in [0.5, 0.6) is 11.5 Å². The van der Waals surface area contributed by atoms with Crippen molar-refractivity contribution in [1.29, 1.82) is 0 Å². The van der Waals surface area contributed by atoms with Crippen LogP contribution in [-0.2, 0) is 10.0 Å². The third-order valence-corrected chi connectivity index (χ3v) is 16.2. The van der Waals surface area contributed by atoms with E-state index in [-0.39, 0.29) is 28.3 Å². The summed E-state index contributed by atoms with van der Waals surface area (Å²) in [5.41, 5.74) is 3.72. The highest BCUT2D eigenvalue weighted by Gasteiger charge is 2.50. The number of pyridine rings is 1. The van der Waals surface area contributed by atoms with Gasteiger partial charge in [0.1, 0.15) is 22.8 Å². The Bertz CT molecular complexity index is 2700. The van der Waals surface area contributed by atoms with Crippen molar-refractivity contribution in [2.75, 3.05) is 56.5 Å². The Labute approximate surface area is 387 Å². The molecule has 1 amide bonds. The van der Waals surface area contributed by atoms with Crippen LogP contribution in [-0.4, -0.2) is 102 Å². The number of rotatable bonds is 13. The Kier molecular flexibility index (Phi) is 12.6. The van der Waals surface area contributed by atoms with E-state index in [1.165, 1.54) is 36.1 Å². The van der Waals surface area contributed by atoms with E-state index >= 15 is 0 Å². The van der Waals surface area contributed by atoms with Crippen LogP contribution in [0.4, 0.5) is 17.1 Å². The second kappa shape index (κ2) is 18.3. The molecule has 3 aromatic carbocycles. The number of hydrogen-bond donors (Lipinski definition) is 4. The third-order valence-electron chi connectivity index (χ3n) is 14.9. The molecule has 2 saturated carbocycles. The van der Waals surface area contributed by atoms with E-state index in [1.54, 1.807) is 30.6 Å². The minimum Gasteiger partial charge on any atom is -0.455 e. The Morgan fingerprint density at radius 1 is 1.00 bits per heavy atom. The standard InChI is InChI=1S/C50H62N8O7S/c1-33(2)40-7-5-6-8-41(40)45-32-55(4)23-24-57(45)37-28-50(29-37)18-21-56(22-19-50)36-9-11-42(46(26-36)65-38-25-35-15-20-51-47(35)53-31-38)48(59)54-66(63,64)39-10-12-43(44(27-39)58(61)62)52-30-34-13-16-49(3,60)17-14-34/h5-12,15,20,25-27,31,33-34,37,45,52,60H,13-14,16-19,21-24,28-30,32H2,1-4H3,(H,51,53)(H,54,59)/t34?,45-,49?/m1/s1. The van der Waals surface area contributed by atoms with E-state index in [9.17, 15) is 28.4 Å². The number of benzene rings is 3. The first-order chi connectivity index (χ1) is 31.6. The van der Waals surface area contributed by atoms with E-state index < -0.39 is 37.0 Å². The number of nitrogens with one attached hydrogen (secondary N) is 3. The highest BCUT2D eigenvalue weighted by Crippen LogP contribution is 2.53. The van der Waals surface area contributed by atoms with Gasteiger partial charge < -0.3 is 29.9 Å². The van der Waals surface area contributed by atoms with Gasteiger partial charge in [-0.1, -0.05) is 38.1 Å². The zero-order valence-corrected chi connectivity index (χ0v) is 39.1. The van der Waals surface area contributed by atoms with E-state index in [0.29, 0.717) is 48.8 Å². The van der Waals surface area contributed by atoms with Crippen LogP contribution in [0.15, 0.2) is 90.1 Å². The SMILES string of the molecule is CC(C)c1ccccc1[C@H]1CN(C)CCN1C1CC2(CCN(c3ccc(C(=O)NS(=O)(=O)c4ccc(NCC5CCC(C)(O)CC5)c([N+](=O)[O-])c4)c(Oc4cnc5[nH]ccc5c4)c3)CC2)C1. The second-order valence-corrected chi connectivity index (χ2v) is 21.6. The number of aromatic amines is 1. The molecule has 0 unspecified atom stereocenters. The number of ether oxygens (including phenoxy) is 1. The molecule has 16 heteroatoms. The average Bonchev–Trinajstić information content (AvgIpc) is 3.76. The minimum atomic E-state index is -4.57. The summed E-state index contributed by atoms with van der Waals surface area (Å²) in [5, 5.41) is 26.4. The summed E-state index contributed by atoms with van der Waals surface area (Å²) in [5.74, 6) is 0.243. The average molecular weight is 919 g/mol. The fourth-order valence-corrected chi connectivity index (χ4v) is 11.9. The fourth-order valence-electron chi connectivity index (χ4n) is 10.9. The lowest BCUT2D eigenvalue weighted by molar-refractivity contribution is -0.384. The predicted octanol–water partition coefficient (Wildman–Crippen LogP) is 8.60. The van der Waals surface area contributed by atoms with E-state index in [0.717, 1.165) is 75.5 Å². The monoisotopic (exact) mass is 918 g/mol. The van der Waals surface area contributed by atoms with Crippen molar-refractivity contribution in [1.82, 2.24) is 24.5 Å². The summed E-state index contributed by atoms with van der Waals surface area (Å²) in [4.78, 5) is 40.2. The lowest BCUT2D eigenvalue weighted by Crippen LogP contribution is -2.59. The van der Waals surface area contributed by atoms with Gasteiger partial charge >= 0.3 is 0 Å². The number of nitrogens with zero attached hydrogens (tertiary/aromatic N) is 5. The minimum absolute atomic E-state index is 0.0215. The molecule has 0 radical (unpaired) electrons. The Balaban J connectivity index is 0.899. The zero-order chi connectivity index (χ0) is 46.4. The Morgan fingerprint density at radius 2 is 1.76 bits per heavy atom. The number of carbonyl (C=O) groups excluding carboxylic acids is 1. The largest absolute Gasteiger partial charge is 0.455 e. The number of hydrogen-bond acceptors (Lipinski definition) is 12. The van der Waals surface area contributed by atoms with Crippen molar-refractivity contribution in [3.05, 3.63) is 112 Å². The molecule has 2 saturated heterocycles. The van der Waals surface area contributed by atoms with Crippen molar-refractivity contribution in [3.8, 4) is 11.5 Å². The number of aliphatic hydroxyl groups is 1.